The number of ether oxygens (including phenoxy) is 2. The van der Waals surface area contributed by atoms with E-state index in [1.54, 1.807) is 39.0 Å². The van der Waals surface area contributed by atoms with Gasteiger partial charge in [0.05, 0.1) is 30.1 Å². The molecular formula is C29H41N3O8P2. The smallest absolute Gasteiger partial charge is 0.356 e. The summed E-state index contributed by atoms with van der Waals surface area (Å²) in [6.07, 6.45) is 1.08. The van der Waals surface area contributed by atoms with Crippen molar-refractivity contribution >= 4 is 45.2 Å². The van der Waals surface area contributed by atoms with E-state index in [0.29, 0.717) is 54.0 Å². The number of amides is 3. The maximum Gasteiger partial charge on any atom is 0.356 e. The first kappa shape index (κ1) is 33.5. The summed E-state index contributed by atoms with van der Waals surface area (Å²) in [5.74, 6) is -0.579. The highest BCUT2D eigenvalue weighted by Crippen LogP contribution is 2.37. The van der Waals surface area contributed by atoms with Crippen LogP contribution in [0.15, 0.2) is 30.3 Å². The number of carbonyl (C=O) groups is 3. The number of nitrogens with one attached hydrogen (secondary N) is 2. The van der Waals surface area contributed by atoms with Gasteiger partial charge in [0.25, 0.3) is 5.91 Å². The molecule has 2 aromatic carbocycles. The summed E-state index contributed by atoms with van der Waals surface area (Å²) >= 11 is 0. The summed E-state index contributed by atoms with van der Waals surface area (Å²) in [6, 6.07) is 6.11. The molecule has 1 heterocycles. The van der Waals surface area contributed by atoms with Crippen molar-refractivity contribution in [2.24, 2.45) is 17.1 Å². The van der Waals surface area contributed by atoms with Gasteiger partial charge in [0.1, 0.15) is 17.5 Å². The van der Waals surface area contributed by atoms with Crippen molar-refractivity contribution < 1.29 is 38.2 Å². The highest BCUT2D eigenvalue weighted by molar-refractivity contribution is 7.61. The number of carbonyl (C=O) groups excluding carboxylic acids is 3. The topological polar surface area (TPSA) is 177 Å². The van der Waals surface area contributed by atoms with E-state index in [-0.39, 0.29) is 29.1 Å². The van der Waals surface area contributed by atoms with E-state index in [2.05, 4.69) is 19.9 Å². The van der Waals surface area contributed by atoms with Crippen LogP contribution >= 0.6 is 16.8 Å². The molecule has 0 spiro atoms. The van der Waals surface area contributed by atoms with E-state index < -0.39 is 36.9 Å². The van der Waals surface area contributed by atoms with Crippen molar-refractivity contribution in [1.29, 1.82) is 0 Å². The zero-order chi connectivity index (χ0) is 31.4. The summed E-state index contributed by atoms with van der Waals surface area (Å²) < 4.78 is 23.8. The molecule has 3 atom stereocenters. The van der Waals surface area contributed by atoms with Crippen LogP contribution in [-0.2, 0) is 20.6 Å². The molecular weight excluding hydrogens is 580 g/mol. The van der Waals surface area contributed by atoms with E-state index in [0.717, 1.165) is 0 Å². The van der Waals surface area contributed by atoms with Crippen LogP contribution in [0.25, 0.3) is 0 Å². The number of rotatable bonds is 10. The van der Waals surface area contributed by atoms with Crippen LogP contribution < -0.4 is 36.5 Å². The van der Waals surface area contributed by atoms with Crippen LogP contribution in [-0.4, -0.2) is 46.8 Å². The Balaban J connectivity index is 1.97. The Morgan fingerprint density at radius 1 is 1.19 bits per heavy atom. The Morgan fingerprint density at radius 3 is 2.48 bits per heavy atom. The van der Waals surface area contributed by atoms with Gasteiger partial charge in [-0.05, 0) is 41.8 Å². The predicted octanol–water partition coefficient (Wildman–Crippen LogP) is 2.23. The molecule has 0 saturated heterocycles. The molecule has 0 bridgehead atoms. The number of primary amides is 1. The predicted molar refractivity (Wildman–Crippen MR) is 163 cm³/mol. The van der Waals surface area contributed by atoms with Crippen molar-refractivity contribution in [2.45, 2.75) is 66.0 Å². The molecule has 42 heavy (non-hydrogen) atoms. The van der Waals surface area contributed by atoms with Crippen molar-refractivity contribution in [1.82, 2.24) is 10.6 Å². The van der Waals surface area contributed by atoms with Crippen LogP contribution in [0.1, 0.15) is 75.0 Å². The van der Waals surface area contributed by atoms with Gasteiger partial charge >= 0.3 is 7.60 Å². The van der Waals surface area contributed by atoms with Gasteiger partial charge in [-0.1, -0.05) is 46.8 Å². The molecule has 3 rings (SSSR count). The van der Waals surface area contributed by atoms with Crippen molar-refractivity contribution in [3.63, 3.8) is 0 Å². The number of fused-ring (bicyclic) bond motifs is 1. The largest absolute Gasteiger partial charge is 0.493 e. The average Bonchev–Trinajstić information content (AvgIpc) is 3.07. The fourth-order valence-electron chi connectivity index (χ4n) is 4.38. The fraction of sp³-hybridized carbons (Fsp3) is 0.483. The molecule has 0 aromatic heterocycles. The third-order valence-electron chi connectivity index (χ3n) is 6.69. The van der Waals surface area contributed by atoms with Gasteiger partial charge in [-0.2, -0.15) is 0 Å². The Hall–Kier alpha value is -2.97. The first-order valence-corrected chi connectivity index (χ1v) is 16.0. The SMILES string of the molecule is CC(C)COc1cc2c(cc1C(N)=O)[C@@H](NC(=O)[C@H](Cc1ccc(P)c(P(=O)(O)O)c1)NC(=O)C(C)(C)C)CCCO2. The Labute approximate surface area is 248 Å². The zero-order valence-corrected chi connectivity index (χ0v) is 26.6. The lowest BCUT2D eigenvalue weighted by molar-refractivity contribution is -0.133. The zero-order valence-electron chi connectivity index (χ0n) is 24.6. The molecule has 1 aliphatic heterocycles. The van der Waals surface area contributed by atoms with E-state index >= 15 is 0 Å². The first-order valence-electron chi connectivity index (χ1n) is 13.8. The molecule has 0 radical (unpaired) electrons. The van der Waals surface area contributed by atoms with Gasteiger partial charge < -0.3 is 35.6 Å². The van der Waals surface area contributed by atoms with Crippen LogP contribution in [0.3, 0.4) is 0 Å². The third-order valence-corrected chi connectivity index (χ3v) is 8.45. The minimum absolute atomic E-state index is 0.0177. The second-order valence-corrected chi connectivity index (χ2v) is 14.1. The fourth-order valence-corrected chi connectivity index (χ4v) is 5.81. The highest BCUT2D eigenvalue weighted by Gasteiger charge is 2.32. The molecule has 1 aliphatic rings. The van der Waals surface area contributed by atoms with Gasteiger partial charge in [-0.15, -0.1) is 9.24 Å². The lowest BCUT2D eigenvalue weighted by Gasteiger charge is -2.27. The normalized spacial score (nSPS) is 16.1. The molecule has 1 unspecified atom stereocenters. The van der Waals surface area contributed by atoms with Crippen molar-refractivity contribution in [3.8, 4) is 11.5 Å². The molecule has 0 saturated carbocycles. The van der Waals surface area contributed by atoms with Gasteiger partial charge in [0, 0.05) is 23.5 Å². The minimum Gasteiger partial charge on any atom is -0.493 e. The van der Waals surface area contributed by atoms with Crippen molar-refractivity contribution in [3.05, 3.63) is 47.0 Å². The quantitative estimate of drug-likeness (QED) is 0.251. The molecule has 13 heteroatoms. The number of nitrogens with two attached hydrogens (primary N) is 1. The lowest BCUT2D eigenvalue weighted by atomic mass is 9.94. The Bertz CT molecular complexity index is 1380. The summed E-state index contributed by atoms with van der Waals surface area (Å²) in [6.45, 7) is 9.87. The minimum atomic E-state index is -4.57. The molecule has 0 fully saturated rings. The van der Waals surface area contributed by atoms with Gasteiger partial charge in [-0.3, -0.25) is 18.9 Å². The van der Waals surface area contributed by atoms with E-state index in [1.807, 2.05) is 13.8 Å². The molecule has 11 nitrogen and oxygen atoms in total. The van der Waals surface area contributed by atoms with Crippen LogP contribution in [0, 0.1) is 11.3 Å². The average molecular weight is 622 g/mol. The standard InChI is InChI=1S/C29H41N3O8P2/c1-16(2)15-40-23-14-22-18(13-19(23)26(30)33)20(7-6-10-39-22)31-27(34)21(32-28(35)29(3,4)5)11-17-8-9-24(41)25(12-17)42(36,37)38/h8-9,12-14,16,20-21H,6-7,10-11,15,41H2,1-5H3,(H2,30,33)(H,31,34)(H,32,35)(H2,36,37,38)/t20-,21-/m0/s1. The summed E-state index contributed by atoms with van der Waals surface area (Å²) in [5.41, 5.74) is 6.06. The maximum atomic E-state index is 13.8. The summed E-state index contributed by atoms with van der Waals surface area (Å²) in [5, 5.41) is 5.96. The molecule has 3 amide bonds. The molecule has 6 N–H and O–H groups in total. The number of hydrogen-bond acceptors (Lipinski definition) is 6. The van der Waals surface area contributed by atoms with Gasteiger partial charge in [-0.25, -0.2) is 0 Å². The maximum absolute atomic E-state index is 13.8. The first-order chi connectivity index (χ1) is 19.5. The second-order valence-electron chi connectivity index (χ2n) is 11.9. The van der Waals surface area contributed by atoms with Crippen LogP contribution in [0.5, 0.6) is 11.5 Å². The molecule has 230 valence electrons. The Kier molecular flexibility index (Phi) is 10.8. The lowest BCUT2D eigenvalue weighted by Crippen LogP contribution is -2.51. The number of hydrogen-bond donors (Lipinski definition) is 5. The van der Waals surface area contributed by atoms with Crippen molar-refractivity contribution in [2.75, 3.05) is 13.2 Å². The summed E-state index contributed by atoms with van der Waals surface area (Å²) in [7, 11) is -2.28. The number of benzene rings is 2. The van der Waals surface area contributed by atoms with E-state index in [4.69, 9.17) is 15.2 Å². The van der Waals surface area contributed by atoms with Gasteiger partial charge in [0.2, 0.25) is 11.8 Å². The highest BCUT2D eigenvalue weighted by atomic mass is 31.2. The van der Waals surface area contributed by atoms with Crippen LogP contribution in [0.4, 0.5) is 0 Å². The monoisotopic (exact) mass is 621 g/mol. The molecule has 2 aromatic rings. The van der Waals surface area contributed by atoms with Crippen LogP contribution in [0.2, 0.25) is 0 Å². The van der Waals surface area contributed by atoms with Gasteiger partial charge in [0.15, 0.2) is 0 Å². The van der Waals surface area contributed by atoms with E-state index in [1.165, 1.54) is 12.1 Å². The van der Waals surface area contributed by atoms with E-state index in [9.17, 15) is 28.7 Å². The second kappa shape index (κ2) is 13.6. The summed E-state index contributed by atoms with van der Waals surface area (Å²) in [4.78, 5) is 58.6. The Morgan fingerprint density at radius 2 is 1.88 bits per heavy atom. The molecule has 0 aliphatic carbocycles. The third kappa shape index (κ3) is 8.77.